The molecule has 0 aromatic heterocycles. The third-order valence-corrected chi connectivity index (χ3v) is 2.76. The van der Waals surface area contributed by atoms with Crippen LogP contribution in [0.3, 0.4) is 0 Å². The van der Waals surface area contributed by atoms with Crippen LogP contribution in [0.25, 0.3) is 0 Å². The molecule has 0 saturated heterocycles. The van der Waals surface area contributed by atoms with E-state index in [1.165, 1.54) is 4.90 Å². The number of hydrogen-bond acceptors (Lipinski definition) is 3. The molecule has 1 unspecified atom stereocenters. The number of alkyl halides is 3. The fourth-order valence-corrected chi connectivity index (χ4v) is 1.65. The number of hydrogen-bond donors (Lipinski definition) is 1. The van der Waals surface area contributed by atoms with Crippen LogP contribution in [0, 0.1) is 6.92 Å². The monoisotopic (exact) mass is 291 g/mol. The Kier molecular flexibility index (Phi) is 6.29. The van der Waals surface area contributed by atoms with E-state index in [1.807, 2.05) is 19.1 Å². The zero-order valence-corrected chi connectivity index (χ0v) is 11.7. The van der Waals surface area contributed by atoms with E-state index in [9.17, 15) is 18.3 Å². The molecule has 6 heteroatoms. The smallest absolute Gasteiger partial charge is 0.390 e. The summed E-state index contributed by atoms with van der Waals surface area (Å²) >= 11 is 0. The molecule has 0 aliphatic heterocycles. The molecule has 1 atom stereocenters. The van der Waals surface area contributed by atoms with Crippen LogP contribution in [0.1, 0.15) is 12.0 Å². The highest BCUT2D eigenvalue weighted by atomic mass is 19.4. The Morgan fingerprint density at radius 1 is 1.25 bits per heavy atom. The summed E-state index contributed by atoms with van der Waals surface area (Å²) in [6, 6.07) is 7.35. The zero-order chi connectivity index (χ0) is 15.2. The number of aryl methyl sites for hydroxylation is 1. The first-order chi connectivity index (χ1) is 9.26. The van der Waals surface area contributed by atoms with Crippen molar-refractivity contribution in [1.82, 2.24) is 4.90 Å². The summed E-state index contributed by atoms with van der Waals surface area (Å²) in [5.74, 6) is 0.632. The predicted octanol–water partition coefficient (Wildman–Crippen LogP) is 2.62. The minimum atomic E-state index is -4.17. The molecule has 0 bridgehead atoms. The molecule has 0 heterocycles. The lowest BCUT2D eigenvalue weighted by Crippen LogP contribution is -2.35. The van der Waals surface area contributed by atoms with Crippen molar-refractivity contribution in [3.8, 4) is 5.75 Å². The highest BCUT2D eigenvalue weighted by Crippen LogP contribution is 2.19. The van der Waals surface area contributed by atoms with E-state index < -0.39 is 18.7 Å². The van der Waals surface area contributed by atoms with Gasteiger partial charge in [-0.25, -0.2) is 0 Å². The van der Waals surface area contributed by atoms with Crippen LogP contribution in [-0.2, 0) is 0 Å². The van der Waals surface area contributed by atoms with Crippen molar-refractivity contribution in [2.75, 3.05) is 26.7 Å². The summed E-state index contributed by atoms with van der Waals surface area (Å²) in [5, 5.41) is 9.72. The molecule has 0 saturated carbocycles. The van der Waals surface area contributed by atoms with Crippen LogP contribution in [0.15, 0.2) is 24.3 Å². The minimum absolute atomic E-state index is 0.0550. The number of rotatable bonds is 7. The molecule has 1 aromatic carbocycles. The maximum atomic E-state index is 12.0. The Bertz CT molecular complexity index is 392. The Labute approximate surface area is 117 Å². The number of nitrogens with zero attached hydrogens (tertiary/aromatic N) is 1. The first kappa shape index (κ1) is 16.8. The SMILES string of the molecule is Cc1ccc(OCC(O)CN(C)CCC(F)(F)F)cc1. The largest absolute Gasteiger partial charge is 0.491 e. The molecule has 0 radical (unpaired) electrons. The van der Waals surface area contributed by atoms with E-state index in [4.69, 9.17) is 4.74 Å². The van der Waals surface area contributed by atoms with Crippen LogP contribution < -0.4 is 4.74 Å². The van der Waals surface area contributed by atoms with Gasteiger partial charge in [0.05, 0.1) is 6.42 Å². The van der Waals surface area contributed by atoms with Gasteiger partial charge in [-0.1, -0.05) is 17.7 Å². The number of halogens is 3. The Morgan fingerprint density at radius 3 is 2.40 bits per heavy atom. The van der Waals surface area contributed by atoms with Crippen LogP contribution in [0.2, 0.25) is 0 Å². The van der Waals surface area contributed by atoms with Gasteiger partial charge in [-0.3, -0.25) is 0 Å². The van der Waals surface area contributed by atoms with Gasteiger partial charge in [-0.05, 0) is 26.1 Å². The highest BCUT2D eigenvalue weighted by molar-refractivity contribution is 5.26. The first-order valence-corrected chi connectivity index (χ1v) is 6.39. The second-order valence-corrected chi connectivity index (χ2v) is 4.91. The summed E-state index contributed by atoms with van der Waals surface area (Å²) < 4.78 is 41.5. The van der Waals surface area contributed by atoms with E-state index >= 15 is 0 Å². The average molecular weight is 291 g/mol. The van der Waals surface area contributed by atoms with Crippen LogP contribution in [0.4, 0.5) is 13.2 Å². The fraction of sp³-hybridized carbons (Fsp3) is 0.571. The summed E-state index contributed by atoms with van der Waals surface area (Å²) in [6.45, 7) is 2.01. The van der Waals surface area contributed by atoms with Crippen molar-refractivity contribution in [3.63, 3.8) is 0 Å². The second kappa shape index (κ2) is 7.50. The molecule has 0 fully saturated rings. The van der Waals surface area contributed by atoms with E-state index in [1.54, 1.807) is 19.2 Å². The first-order valence-electron chi connectivity index (χ1n) is 6.39. The maximum Gasteiger partial charge on any atom is 0.390 e. The third kappa shape index (κ3) is 7.35. The summed E-state index contributed by atoms with van der Waals surface area (Å²) in [4.78, 5) is 1.44. The van der Waals surface area contributed by atoms with Crippen LogP contribution in [-0.4, -0.2) is 49.0 Å². The normalized spacial score (nSPS) is 13.6. The van der Waals surface area contributed by atoms with Gasteiger partial charge in [-0.2, -0.15) is 13.2 Å². The number of aliphatic hydroxyl groups is 1. The predicted molar refractivity (Wildman–Crippen MR) is 70.8 cm³/mol. The second-order valence-electron chi connectivity index (χ2n) is 4.91. The van der Waals surface area contributed by atoms with Gasteiger partial charge < -0.3 is 14.7 Å². The van der Waals surface area contributed by atoms with Crippen molar-refractivity contribution in [2.45, 2.75) is 25.6 Å². The molecule has 1 N–H and O–H groups in total. The van der Waals surface area contributed by atoms with Gasteiger partial charge in [0, 0.05) is 13.1 Å². The molecule has 0 aliphatic rings. The summed E-state index contributed by atoms with van der Waals surface area (Å²) in [6.07, 6.45) is -5.87. The topological polar surface area (TPSA) is 32.7 Å². The Balaban J connectivity index is 2.25. The highest BCUT2D eigenvalue weighted by Gasteiger charge is 2.27. The average Bonchev–Trinajstić information content (AvgIpc) is 2.35. The fourth-order valence-electron chi connectivity index (χ4n) is 1.65. The lowest BCUT2D eigenvalue weighted by atomic mass is 10.2. The van der Waals surface area contributed by atoms with Gasteiger partial charge in [0.1, 0.15) is 18.5 Å². The van der Waals surface area contributed by atoms with E-state index in [0.717, 1.165) is 5.56 Å². The standard InChI is InChI=1S/C14H20F3NO2/c1-11-3-5-13(6-4-11)20-10-12(19)9-18(2)8-7-14(15,16)17/h3-6,12,19H,7-10H2,1-2H3. The minimum Gasteiger partial charge on any atom is -0.491 e. The van der Waals surface area contributed by atoms with E-state index in [0.29, 0.717) is 5.75 Å². The molecule has 0 amide bonds. The molecular weight excluding hydrogens is 271 g/mol. The summed E-state index contributed by atoms with van der Waals surface area (Å²) in [7, 11) is 1.54. The van der Waals surface area contributed by atoms with Crippen molar-refractivity contribution < 1.29 is 23.0 Å². The quantitative estimate of drug-likeness (QED) is 0.838. The molecule has 0 aliphatic carbocycles. The van der Waals surface area contributed by atoms with Gasteiger partial charge in [0.15, 0.2) is 0 Å². The van der Waals surface area contributed by atoms with E-state index in [-0.39, 0.29) is 19.7 Å². The lowest BCUT2D eigenvalue weighted by Gasteiger charge is -2.21. The van der Waals surface area contributed by atoms with Crippen molar-refractivity contribution in [1.29, 1.82) is 0 Å². The van der Waals surface area contributed by atoms with Crippen LogP contribution >= 0.6 is 0 Å². The van der Waals surface area contributed by atoms with Gasteiger partial charge in [0.2, 0.25) is 0 Å². The molecule has 3 nitrogen and oxygen atoms in total. The third-order valence-electron chi connectivity index (χ3n) is 2.76. The molecule has 114 valence electrons. The van der Waals surface area contributed by atoms with Crippen LogP contribution in [0.5, 0.6) is 5.75 Å². The molecule has 20 heavy (non-hydrogen) atoms. The number of ether oxygens (including phenoxy) is 1. The Hall–Kier alpha value is -1.27. The van der Waals surface area contributed by atoms with E-state index in [2.05, 4.69) is 0 Å². The number of benzene rings is 1. The maximum absolute atomic E-state index is 12.0. The molecule has 0 spiro atoms. The van der Waals surface area contributed by atoms with Gasteiger partial charge in [0.25, 0.3) is 0 Å². The van der Waals surface area contributed by atoms with Crippen molar-refractivity contribution in [2.24, 2.45) is 0 Å². The molecular formula is C14H20F3NO2. The lowest BCUT2D eigenvalue weighted by molar-refractivity contribution is -0.138. The summed E-state index contributed by atoms with van der Waals surface area (Å²) in [5.41, 5.74) is 1.10. The molecule has 1 rings (SSSR count). The molecule has 1 aromatic rings. The van der Waals surface area contributed by atoms with Crippen molar-refractivity contribution in [3.05, 3.63) is 29.8 Å². The number of likely N-dealkylation sites (N-methyl/N-ethyl adjacent to an activating group) is 1. The number of aliphatic hydroxyl groups excluding tert-OH is 1. The Morgan fingerprint density at radius 2 is 1.85 bits per heavy atom. The van der Waals surface area contributed by atoms with Crippen molar-refractivity contribution >= 4 is 0 Å². The van der Waals surface area contributed by atoms with Gasteiger partial charge >= 0.3 is 6.18 Å². The zero-order valence-electron chi connectivity index (χ0n) is 11.7. The van der Waals surface area contributed by atoms with Gasteiger partial charge in [-0.15, -0.1) is 0 Å².